The zero-order valence-electron chi connectivity index (χ0n) is 18.1. The van der Waals surface area contributed by atoms with Crippen molar-refractivity contribution in [2.75, 3.05) is 30.8 Å². The fourth-order valence-corrected chi connectivity index (χ4v) is 4.27. The van der Waals surface area contributed by atoms with Gasteiger partial charge in [-0.25, -0.2) is 4.79 Å². The summed E-state index contributed by atoms with van der Waals surface area (Å²) in [5.41, 5.74) is 0.311. The van der Waals surface area contributed by atoms with Crippen LogP contribution in [-0.2, 0) is 14.3 Å². The van der Waals surface area contributed by atoms with Gasteiger partial charge in [-0.3, -0.25) is 9.59 Å². The Morgan fingerprint density at radius 3 is 2.33 bits per heavy atom. The Balaban J connectivity index is 1.50. The molecule has 2 aliphatic heterocycles. The van der Waals surface area contributed by atoms with Crippen molar-refractivity contribution in [1.82, 2.24) is 10.2 Å². The molecule has 1 unspecified atom stereocenters. The van der Waals surface area contributed by atoms with Crippen LogP contribution in [0.25, 0.3) is 0 Å². The topological polar surface area (TPSA) is 79.0 Å². The summed E-state index contributed by atoms with van der Waals surface area (Å²) >= 11 is 1.65. The number of nitrogens with one attached hydrogen (secondary N) is 1. The summed E-state index contributed by atoms with van der Waals surface area (Å²) in [5, 5.41) is 2.89. The van der Waals surface area contributed by atoms with Gasteiger partial charge in [0, 0.05) is 42.7 Å². The van der Waals surface area contributed by atoms with E-state index in [4.69, 9.17) is 4.74 Å². The van der Waals surface area contributed by atoms with Crippen molar-refractivity contribution in [3.63, 3.8) is 0 Å². The Morgan fingerprint density at radius 1 is 1.13 bits per heavy atom. The number of anilines is 1. The van der Waals surface area contributed by atoms with Crippen LogP contribution in [0.5, 0.6) is 0 Å². The number of thioether (sulfide) groups is 1. The highest BCUT2D eigenvalue weighted by atomic mass is 32.2. The maximum Gasteiger partial charge on any atom is 0.407 e. The van der Waals surface area contributed by atoms with Crippen molar-refractivity contribution in [1.29, 1.82) is 0 Å². The summed E-state index contributed by atoms with van der Waals surface area (Å²) < 4.78 is 5.30. The van der Waals surface area contributed by atoms with Crippen LogP contribution in [0.3, 0.4) is 0 Å². The molecule has 1 N–H and O–H groups in total. The first-order chi connectivity index (χ1) is 14.2. The summed E-state index contributed by atoms with van der Waals surface area (Å²) in [5.74, 6) is -0.290. The van der Waals surface area contributed by atoms with Crippen LogP contribution in [0.1, 0.15) is 40.0 Å². The molecule has 1 atom stereocenters. The van der Waals surface area contributed by atoms with Crippen LogP contribution < -0.4 is 10.2 Å². The van der Waals surface area contributed by atoms with Crippen molar-refractivity contribution >= 4 is 35.4 Å². The minimum atomic E-state index is -0.530. The summed E-state index contributed by atoms with van der Waals surface area (Å²) in [6.45, 7) is 7.07. The third-order valence-electron chi connectivity index (χ3n) is 5.39. The maximum atomic E-state index is 13.0. The molecule has 1 aromatic rings. The molecule has 164 valence electrons. The molecule has 2 aliphatic rings. The SMILES string of the molecule is CSc1ccc(N2CC(C(=O)N3CCC(NC(=O)OC(C)(C)C)CC3)CC2=O)cc1. The minimum absolute atomic E-state index is 0.000517. The van der Waals surface area contributed by atoms with Gasteiger partial charge in [-0.15, -0.1) is 11.8 Å². The lowest BCUT2D eigenvalue weighted by molar-refractivity contribution is -0.136. The maximum absolute atomic E-state index is 13.0. The number of alkyl carbamates (subject to hydrolysis) is 1. The van der Waals surface area contributed by atoms with Gasteiger partial charge < -0.3 is 19.9 Å². The van der Waals surface area contributed by atoms with Gasteiger partial charge >= 0.3 is 6.09 Å². The van der Waals surface area contributed by atoms with Gasteiger partial charge in [-0.05, 0) is 64.1 Å². The second-order valence-corrected chi connectivity index (χ2v) is 9.73. The van der Waals surface area contributed by atoms with Gasteiger partial charge in [-0.1, -0.05) is 0 Å². The van der Waals surface area contributed by atoms with E-state index in [0.29, 0.717) is 32.5 Å². The molecular weight excluding hydrogens is 402 g/mol. The highest BCUT2D eigenvalue weighted by molar-refractivity contribution is 7.98. The van der Waals surface area contributed by atoms with Crippen molar-refractivity contribution in [3.8, 4) is 0 Å². The van der Waals surface area contributed by atoms with E-state index < -0.39 is 11.7 Å². The van der Waals surface area contributed by atoms with Crippen molar-refractivity contribution in [2.45, 2.75) is 56.6 Å². The second-order valence-electron chi connectivity index (χ2n) is 8.85. The summed E-state index contributed by atoms with van der Waals surface area (Å²) in [6.07, 6.45) is 3.21. The zero-order chi connectivity index (χ0) is 21.9. The second kappa shape index (κ2) is 9.29. The van der Waals surface area contributed by atoms with Gasteiger partial charge in [0.2, 0.25) is 11.8 Å². The van der Waals surface area contributed by atoms with E-state index in [9.17, 15) is 14.4 Å². The number of carbonyl (C=O) groups is 3. The largest absolute Gasteiger partial charge is 0.444 e. The summed E-state index contributed by atoms with van der Waals surface area (Å²) in [6, 6.07) is 7.85. The van der Waals surface area contributed by atoms with E-state index in [0.717, 1.165) is 10.6 Å². The molecule has 0 aliphatic carbocycles. The minimum Gasteiger partial charge on any atom is -0.444 e. The molecule has 30 heavy (non-hydrogen) atoms. The highest BCUT2D eigenvalue weighted by Crippen LogP contribution is 2.28. The van der Waals surface area contributed by atoms with Gasteiger partial charge in [0.05, 0.1) is 5.92 Å². The van der Waals surface area contributed by atoms with Gasteiger partial charge in [0.1, 0.15) is 5.60 Å². The van der Waals surface area contributed by atoms with Crippen LogP contribution in [0.4, 0.5) is 10.5 Å². The molecule has 0 radical (unpaired) electrons. The number of rotatable bonds is 4. The standard InChI is InChI=1S/C22H31N3O4S/c1-22(2,3)29-21(28)23-16-9-11-24(12-10-16)20(27)15-13-19(26)25(14-15)17-5-7-18(30-4)8-6-17/h5-8,15-16H,9-14H2,1-4H3,(H,23,28). The predicted octanol–water partition coefficient (Wildman–Crippen LogP) is 3.28. The number of nitrogens with zero attached hydrogens (tertiary/aromatic N) is 2. The van der Waals surface area contributed by atoms with Crippen molar-refractivity contribution in [2.24, 2.45) is 5.92 Å². The summed E-state index contributed by atoms with van der Waals surface area (Å²) in [7, 11) is 0. The number of hydrogen-bond donors (Lipinski definition) is 1. The molecule has 2 fully saturated rings. The molecule has 1 aromatic carbocycles. The quantitative estimate of drug-likeness (QED) is 0.738. The molecule has 8 heteroatoms. The Labute approximate surface area is 182 Å². The summed E-state index contributed by atoms with van der Waals surface area (Å²) in [4.78, 5) is 42.1. The number of benzene rings is 1. The molecule has 0 aromatic heterocycles. The van der Waals surface area contributed by atoms with Crippen LogP contribution in [0.15, 0.2) is 29.2 Å². The zero-order valence-corrected chi connectivity index (χ0v) is 19.0. The van der Waals surface area contributed by atoms with Gasteiger partial charge in [0.25, 0.3) is 0 Å². The molecule has 2 saturated heterocycles. The number of ether oxygens (including phenoxy) is 1. The molecule has 0 spiro atoms. The molecule has 0 saturated carbocycles. The molecular formula is C22H31N3O4S. The van der Waals surface area contributed by atoms with Crippen molar-refractivity contribution in [3.05, 3.63) is 24.3 Å². The molecule has 7 nitrogen and oxygen atoms in total. The lowest BCUT2D eigenvalue weighted by atomic mass is 10.0. The van der Waals surface area contributed by atoms with Crippen LogP contribution >= 0.6 is 11.8 Å². The van der Waals surface area contributed by atoms with Crippen LogP contribution in [0.2, 0.25) is 0 Å². The van der Waals surface area contributed by atoms with E-state index in [1.165, 1.54) is 0 Å². The monoisotopic (exact) mass is 433 g/mol. The normalized spacial score (nSPS) is 20.4. The first-order valence-corrected chi connectivity index (χ1v) is 11.6. The van der Waals surface area contributed by atoms with E-state index in [2.05, 4.69) is 5.32 Å². The first-order valence-electron chi connectivity index (χ1n) is 10.4. The van der Waals surface area contributed by atoms with Gasteiger partial charge in [-0.2, -0.15) is 0 Å². The van der Waals surface area contributed by atoms with E-state index in [-0.39, 0.29) is 30.2 Å². The predicted molar refractivity (Wildman–Crippen MR) is 118 cm³/mol. The van der Waals surface area contributed by atoms with Crippen molar-refractivity contribution < 1.29 is 19.1 Å². The van der Waals surface area contributed by atoms with E-state index in [1.807, 2.05) is 56.2 Å². The number of hydrogen-bond acceptors (Lipinski definition) is 5. The van der Waals surface area contributed by atoms with E-state index in [1.54, 1.807) is 16.7 Å². The van der Waals surface area contributed by atoms with E-state index >= 15 is 0 Å². The van der Waals surface area contributed by atoms with Crippen LogP contribution in [0, 0.1) is 5.92 Å². The number of likely N-dealkylation sites (tertiary alicyclic amines) is 1. The Bertz CT molecular complexity index is 783. The molecule has 2 heterocycles. The van der Waals surface area contributed by atoms with Crippen LogP contribution in [-0.4, -0.2) is 60.3 Å². The lowest BCUT2D eigenvalue weighted by Crippen LogP contribution is -2.49. The third kappa shape index (κ3) is 5.68. The number of carbonyl (C=O) groups excluding carboxylic acids is 3. The average molecular weight is 434 g/mol. The number of piperidine rings is 1. The fourth-order valence-electron chi connectivity index (χ4n) is 3.86. The Morgan fingerprint density at radius 2 is 1.77 bits per heavy atom. The molecule has 0 bridgehead atoms. The Hall–Kier alpha value is -2.22. The lowest BCUT2D eigenvalue weighted by Gasteiger charge is -2.34. The highest BCUT2D eigenvalue weighted by Gasteiger charge is 2.38. The number of amides is 3. The Kier molecular flexibility index (Phi) is 6.95. The average Bonchev–Trinajstić information content (AvgIpc) is 3.08. The first kappa shape index (κ1) is 22.5. The third-order valence-corrected chi connectivity index (χ3v) is 6.13. The van der Waals surface area contributed by atoms with Gasteiger partial charge in [0.15, 0.2) is 0 Å². The molecule has 3 rings (SSSR count). The fraction of sp³-hybridized carbons (Fsp3) is 0.591. The molecule has 3 amide bonds. The smallest absolute Gasteiger partial charge is 0.407 e.